The molecule has 0 saturated heterocycles. The van der Waals surface area contributed by atoms with Crippen LogP contribution in [0.1, 0.15) is 58.8 Å². The number of halogens is 1. The smallest absolute Gasteiger partial charge is 0.192 e. The van der Waals surface area contributed by atoms with Gasteiger partial charge in [0.1, 0.15) is 5.82 Å². The Kier molecular flexibility index (Phi) is 7.14. The second kappa shape index (κ2) is 8.71. The fraction of sp³-hybridized carbons (Fsp3) is 0.520. The lowest BCUT2D eigenvalue weighted by Crippen LogP contribution is -2.40. The van der Waals surface area contributed by atoms with Crippen LogP contribution < -0.4 is 0 Å². The van der Waals surface area contributed by atoms with Gasteiger partial charge in [0.05, 0.1) is 12.7 Å². The highest BCUT2D eigenvalue weighted by Crippen LogP contribution is 2.42. The molecule has 0 heterocycles. The molecule has 1 atom stereocenters. The molecule has 2 aromatic carbocycles. The lowest BCUT2D eigenvalue weighted by Gasteiger charge is -2.36. The second-order valence-corrected chi connectivity index (χ2v) is 15.2. The van der Waals surface area contributed by atoms with Crippen LogP contribution in [0.3, 0.4) is 0 Å². The quantitative estimate of drug-likeness (QED) is 0.448. The molecule has 0 N–H and O–H groups in total. The van der Waals surface area contributed by atoms with Gasteiger partial charge in [-0.15, -0.1) is 0 Å². The number of hydrogen-bond donors (Lipinski definition) is 0. The molecule has 0 aromatic heterocycles. The third-order valence-electron chi connectivity index (χ3n) is 5.99. The predicted octanol–water partition coefficient (Wildman–Crippen LogP) is 7.75. The molecule has 0 saturated carbocycles. The lowest BCUT2D eigenvalue weighted by atomic mass is 9.81. The molecule has 4 heteroatoms. The van der Waals surface area contributed by atoms with Crippen LogP contribution >= 0.6 is 0 Å². The number of benzene rings is 2. The van der Waals surface area contributed by atoms with Crippen LogP contribution in [0.2, 0.25) is 18.1 Å². The normalized spacial score (nSPS) is 14.1. The summed E-state index contributed by atoms with van der Waals surface area (Å²) in [5, 5.41) is 0.156. The highest BCUT2D eigenvalue weighted by Gasteiger charge is 2.37. The van der Waals surface area contributed by atoms with Crippen LogP contribution in [0.25, 0.3) is 11.1 Å². The molecule has 2 rings (SSSR count). The van der Waals surface area contributed by atoms with E-state index in [4.69, 9.17) is 9.16 Å². The van der Waals surface area contributed by atoms with Gasteiger partial charge in [-0.2, -0.15) is 0 Å². The van der Waals surface area contributed by atoms with E-state index >= 15 is 0 Å². The van der Waals surface area contributed by atoms with Gasteiger partial charge in [0, 0.05) is 12.7 Å². The van der Waals surface area contributed by atoms with Gasteiger partial charge in [-0.3, -0.25) is 0 Å². The van der Waals surface area contributed by atoms with Gasteiger partial charge < -0.3 is 9.16 Å². The van der Waals surface area contributed by atoms with Crippen molar-refractivity contribution in [3.63, 3.8) is 0 Å². The summed E-state index contributed by atoms with van der Waals surface area (Å²) >= 11 is 0. The summed E-state index contributed by atoms with van der Waals surface area (Å²) in [6, 6.07) is 13.1. The maximum absolute atomic E-state index is 14.6. The van der Waals surface area contributed by atoms with Crippen LogP contribution in [0.5, 0.6) is 0 Å². The van der Waals surface area contributed by atoms with Crippen LogP contribution in [-0.4, -0.2) is 15.4 Å². The molecular formula is C25H37FO2Si. The summed E-state index contributed by atoms with van der Waals surface area (Å²) in [5.41, 5.74) is 3.44. The average Bonchev–Trinajstić information content (AvgIpc) is 2.59. The van der Waals surface area contributed by atoms with E-state index in [0.717, 1.165) is 16.7 Å². The molecule has 0 unspecified atom stereocenters. The minimum Gasteiger partial charge on any atom is -0.413 e. The topological polar surface area (TPSA) is 18.5 Å². The fourth-order valence-corrected chi connectivity index (χ4v) is 4.23. The molecule has 0 amide bonds. The Morgan fingerprint density at radius 1 is 0.931 bits per heavy atom. The lowest BCUT2D eigenvalue weighted by molar-refractivity contribution is 0.0155. The third kappa shape index (κ3) is 5.56. The molecule has 2 aromatic rings. The van der Waals surface area contributed by atoms with Crippen molar-refractivity contribution >= 4 is 8.32 Å². The van der Waals surface area contributed by atoms with Crippen LogP contribution in [-0.2, 0) is 15.8 Å². The molecule has 0 spiro atoms. The number of methoxy groups -OCH3 is 1. The van der Waals surface area contributed by atoms with Crippen molar-refractivity contribution in [2.75, 3.05) is 7.11 Å². The first-order valence-corrected chi connectivity index (χ1v) is 13.2. The third-order valence-corrected chi connectivity index (χ3v) is 10.5. The monoisotopic (exact) mass is 416 g/mol. The largest absolute Gasteiger partial charge is 0.413 e. The number of ether oxygens (including phenoxy) is 1. The van der Waals surface area contributed by atoms with Gasteiger partial charge in [0.15, 0.2) is 8.32 Å². The maximum Gasteiger partial charge on any atom is 0.192 e. The minimum atomic E-state index is -1.85. The predicted molar refractivity (Wildman–Crippen MR) is 123 cm³/mol. The Morgan fingerprint density at radius 2 is 1.55 bits per heavy atom. The van der Waals surface area contributed by atoms with Crippen molar-refractivity contribution in [1.29, 1.82) is 0 Å². The van der Waals surface area contributed by atoms with Crippen molar-refractivity contribution in [2.24, 2.45) is 5.41 Å². The van der Waals surface area contributed by atoms with Crippen molar-refractivity contribution in [3.05, 3.63) is 59.4 Å². The molecule has 0 bridgehead atoms. The van der Waals surface area contributed by atoms with Crippen molar-refractivity contribution in [2.45, 2.75) is 72.4 Å². The first-order valence-electron chi connectivity index (χ1n) is 10.3. The van der Waals surface area contributed by atoms with Crippen molar-refractivity contribution < 1.29 is 13.6 Å². The van der Waals surface area contributed by atoms with E-state index in [0.29, 0.717) is 12.2 Å². The summed E-state index contributed by atoms with van der Waals surface area (Å²) in [6.45, 7) is 18.2. The highest BCUT2D eigenvalue weighted by atomic mass is 28.4. The van der Waals surface area contributed by atoms with Gasteiger partial charge in [-0.1, -0.05) is 77.9 Å². The Balaban J connectivity index is 2.51. The zero-order chi connectivity index (χ0) is 22.0. The van der Waals surface area contributed by atoms with E-state index < -0.39 is 8.32 Å². The highest BCUT2D eigenvalue weighted by molar-refractivity contribution is 6.74. The first kappa shape index (κ1) is 23.8. The van der Waals surface area contributed by atoms with Gasteiger partial charge >= 0.3 is 0 Å². The summed E-state index contributed by atoms with van der Waals surface area (Å²) < 4.78 is 26.9. The van der Waals surface area contributed by atoms with E-state index in [1.807, 2.05) is 24.3 Å². The van der Waals surface area contributed by atoms with Crippen LogP contribution in [0.15, 0.2) is 42.5 Å². The number of hydrogen-bond acceptors (Lipinski definition) is 2. The Labute approximate surface area is 177 Å². The zero-order valence-corrected chi connectivity index (χ0v) is 20.5. The van der Waals surface area contributed by atoms with Crippen molar-refractivity contribution in [3.8, 4) is 11.1 Å². The Hall–Kier alpha value is -1.49. The molecule has 0 radical (unpaired) electrons. The molecule has 0 aliphatic carbocycles. The van der Waals surface area contributed by atoms with E-state index in [9.17, 15) is 4.39 Å². The fourth-order valence-electron chi connectivity index (χ4n) is 3.27. The van der Waals surface area contributed by atoms with Gasteiger partial charge in [-0.25, -0.2) is 4.39 Å². The van der Waals surface area contributed by atoms with Gasteiger partial charge in [0.2, 0.25) is 0 Å². The molecule has 29 heavy (non-hydrogen) atoms. The molecule has 0 aliphatic rings. The van der Waals surface area contributed by atoms with E-state index in [-0.39, 0.29) is 22.4 Å². The van der Waals surface area contributed by atoms with E-state index in [1.165, 1.54) is 6.07 Å². The molecule has 160 valence electrons. The molecule has 0 aliphatic heterocycles. The summed E-state index contributed by atoms with van der Waals surface area (Å²) in [7, 11) is -0.133. The molecule has 2 nitrogen and oxygen atoms in total. The first-order chi connectivity index (χ1) is 13.3. The van der Waals surface area contributed by atoms with Gasteiger partial charge in [0.25, 0.3) is 0 Å². The second-order valence-electron chi connectivity index (χ2n) is 10.4. The van der Waals surface area contributed by atoms with Crippen LogP contribution in [0, 0.1) is 11.2 Å². The Morgan fingerprint density at radius 3 is 2.07 bits per heavy atom. The molecule has 0 fully saturated rings. The summed E-state index contributed by atoms with van der Waals surface area (Å²) in [4.78, 5) is 0. The summed E-state index contributed by atoms with van der Waals surface area (Å²) in [6.07, 6.45) is -0.162. The van der Waals surface area contributed by atoms with E-state index in [2.05, 4.69) is 60.7 Å². The zero-order valence-electron chi connectivity index (χ0n) is 19.5. The van der Waals surface area contributed by atoms with Crippen LogP contribution in [0.4, 0.5) is 4.39 Å². The average molecular weight is 417 g/mol. The maximum atomic E-state index is 14.6. The summed E-state index contributed by atoms with van der Waals surface area (Å²) in [5.74, 6) is -0.220. The standard InChI is InChI=1S/C25H37FO2Si/c1-24(2,3)23(27-7)21-16-18(17-28-29(8,9)25(4,5)6)14-15-19(21)20-12-10-11-13-22(20)26/h10-16,23H,17H2,1-9H3/t23-/m1/s1. The Bertz CT molecular complexity index is 831. The van der Waals surface area contributed by atoms with Gasteiger partial charge in [-0.05, 0) is 46.3 Å². The number of rotatable bonds is 6. The van der Waals surface area contributed by atoms with Crippen molar-refractivity contribution in [1.82, 2.24) is 0 Å². The molecular weight excluding hydrogens is 379 g/mol. The SMILES string of the molecule is CO[C@H](c1cc(CO[Si](C)(C)C(C)(C)C)ccc1-c1ccccc1F)C(C)(C)C. The minimum absolute atomic E-state index is 0.131. The van der Waals surface area contributed by atoms with E-state index in [1.54, 1.807) is 13.2 Å².